The highest BCUT2D eigenvalue weighted by Gasteiger charge is 2.14. The van der Waals surface area contributed by atoms with E-state index in [0.29, 0.717) is 5.75 Å². The molecule has 6 nitrogen and oxygen atoms in total. The molecular weight excluding hydrogens is 294 g/mol. The second kappa shape index (κ2) is 7.09. The fourth-order valence-electron chi connectivity index (χ4n) is 2.31. The highest BCUT2D eigenvalue weighted by Crippen LogP contribution is 2.19. The number of pyridine rings is 2. The number of carbonyl (C=O) groups excluding carboxylic acids is 1. The van der Waals surface area contributed by atoms with Crippen LogP contribution in [0.1, 0.15) is 24.2 Å². The Morgan fingerprint density at radius 1 is 1.39 bits per heavy atom. The second-order valence-corrected chi connectivity index (χ2v) is 5.58. The molecule has 0 saturated carbocycles. The van der Waals surface area contributed by atoms with Gasteiger partial charge in [0.15, 0.2) is 6.61 Å². The fraction of sp³-hybridized carbons (Fsp3) is 0.353. The van der Waals surface area contributed by atoms with Crippen molar-refractivity contribution in [2.75, 3.05) is 20.7 Å². The van der Waals surface area contributed by atoms with Gasteiger partial charge in [-0.2, -0.15) is 0 Å². The first-order valence-corrected chi connectivity index (χ1v) is 7.36. The third kappa shape index (κ3) is 3.97. The lowest BCUT2D eigenvalue weighted by atomic mass is 10.1. The molecule has 0 saturated heterocycles. The van der Waals surface area contributed by atoms with Gasteiger partial charge in [-0.15, -0.1) is 0 Å². The van der Waals surface area contributed by atoms with Gasteiger partial charge >= 0.3 is 0 Å². The maximum atomic E-state index is 12.4. The molecule has 6 heteroatoms. The Hall–Kier alpha value is -2.63. The summed E-state index contributed by atoms with van der Waals surface area (Å²) in [6.07, 6.45) is 3.45. The number of hydrogen-bond acceptors (Lipinski definition) is 4. The lowest BCUT2D eigenvalue weighted by Crippen LogP contribution is -2.29. The minimum absolute atomic E-state index is 0.0892. The third-order valence-corrected chi connectivity index (χ3v) is 3.65. The molecule has 0 aliphatic carbocycles. The van der Waals surface area contributed by atoms with Crippen molar-refractivity contribution in [3.05, 3.63) is 58.3 Å². The quantitative estimate of drug-likeness (QED) is 0.841. The van der Waals surface area contributed by atoms with E-state index in [2.05, 4.69) is 4.98 Å². The van der Waals surface area contributed by atoms with Crippen molar-refractivity contribution in [2.45, 2.75) is 19.9 Å². The van der Waals surface area contributed by atoms with Crippen molar-refractivity contribution in [3.8, 4) is 5.75 Å². The molecule has 2 rings (SSSR count). The largest absolute Gasteiger partial charge is 0.484 e. The van der Waals surface area contributed by atoms with Gasteiger partial charge < -0.3 is 14.2 Å². The Labute approximate surface area is 135 Å². The third-order valence-electron chi connectivity index (χ3n) is 3.65. The van der Waals surface area contributed by atoms with Gasteiger partial charge in [-0.3, -0.25) is 14.6 Å². The number of hydrogen-bond donors (Lipinski definition) is 0. The average molecular weight is 315 g/mol. The van der Waals surface area contributed by atoms with Crippen LogP contribution in [0.25, 0.3) is 0 Å². The van der Waals surface area contributed by atoms with Crippen LogP contribution in [0.15, 0.2) is 41.5 Å². The summed E-state index contributed by atoms with van der Waals surface area (Å²) in [5.41, 5.74) is 1.55. The van der Waals surface area contributed by atoms with E-state index in [1.807, 2.05) is 26.0 Å². The normalized spacial score (nSPS) is 11.8. The molecule has 0 fully saturated rings. The SMILES string of the molecule is Cc1cc(OCC(=O)N(C)C)cc(=O)n1[C@H](C)c1cccnc1. The van der Waals surface area contributed by atoms with Crippen LogP contribution >= 0.6 is 0 Å². The van der Waals surface area contributed by atoms with E-state index in [-0.39, 0.29) is 24.1 Å². The van der Waals surface area contributed by atoms with Crippen molar-refractivity contribution >= 4 is 5.91 Å². The van der Waals surface area contributed by atoms with E-state index >= 15 is 0 Å². The molecule has 0 aliphatic heterocycles. The van der Waals surface area contributed by atoms with Crippen LogP contribution in [-0.4, -0.2) is 41.1 Å². The fourth-order valence-corrected chi connectivity index (χ4v) is 2.31. The van der Waals surface area contributed by atoms with Crippen molar-refractivity contribution in [2.24, 2.45) is 0 Å². The Balaban J connectivity index is 2.24. The molecule has 122 valence electrons. The molecule has 0 spiro atoms. The van der Waals surface area contributed by atoms with E-state index in [4.69, 9.17) is 4.74 Å². The van der Waals surface area contributed by atoms with E-state index in [0.717, 1.165) is 11.3 Å². The van der Waals surface area contributed by atoms with E-state index in [9.17, 15) is 9.59 Å². The van der Waals surface area contributed by atoms with E-state index in [1.54, 1.807) is 37.1 Å². The summed E-state index contributed by atoms with van der Waals surface area (Å²) < 4.78 is 7.09. The molecule has 0 N–H and O–H groups in total. The molecular formula is C17H21N3O3. The van der Waals surface area contributed by atoms with Crippen LogP contribution in [0.4, 0.5) is 0 Å². The highest BCUT2D eigenvalue weighted by atomic mass is 16.5. The van der Waals surface area contributed by atoms with Gasteiger partial charge in [-0.05, 0) is 31.5 Å². The maximum Gasteiger partial charge on any atom is 0.259 e. The Bertz CT molecular complexity index is 738. The topological polar surface area (TPSA) is 64.4 Å². The smallest absolute Gasteiger partial charge is 0.259 e. The van der Waals surface area contributed by atoms with Crippen LogP contribution in [-0.2, 0) is 4.79 Å². The van der Waals surface area contributed by atoms with Crippen molar-refractivity contribution < 1.29 is 9.53 Å². The van der Waals surface area contributed by atoms with Crippen LogP contribution in [0.3, 0.4) is 0 Å². The zero-order chi connectivity index (χ0) is 17.0. The van der Waals surface area contributed by atoms with Gasteiger partial charge in [-0.1, -0.05) is 6.07 Å². The molecule has 2 aromatic rings. The van der Waals surface area contributed by atoms with Crippen LogP contribution in [0.5, 0.6) is 5.75 Å². The summed E-state index contributed by atoms with van der Waals surface area (Å²) in [5, 5.41) is 0. The zero-order valence-electron chi connectivity index (χ0n) is 13.8. The number of aryl methyl sites for hydroxylation is 1. The molecule has 2 aromatic heterocycles. The first-order chi connectivity index (χ1) is 10.9. The summed E-state index contributed by atoms with van der Waals surface area (Å²) in [4.78, 5) is 29.5. The summed E-state index contributed by atoms with van der Waals surface area (Å²) in [6.45, 7) is 3.70. The predicted molar refractivity (Wildman–Crippen MR) is 87.7 cm³/mol. The van der Waals surface area contributed by atoms with Crippen LogP contribution in [0, 0.1) is 6.92 Å². The molecule has 0 radical (unpaired) electrons. The van der Waals surface area contributed by atoms with Crippen molar-refractivity contribution in [3.63, 3.8) is 0 Å². The minimum atomic E-state index is -0.173. The average Bonchev–Trinajstić information content (AvgIpc) is 2.52. The molecule has 2 heterocycles. The zero-order valence-corrected chi connectivity index (χ0v) is 13.8. The predicted octanol–water partition coefficient (Wildman–Crippen LogP) is 1.63. The molecule has 0 aliphatic rings. The second-order valence-electron chi connectivity index (χ2n) is 5.58. The van der Waals surface area contributed by atoms with Crippen molar-refractivity contribution in [1.82, 2.24) is 14.5 Å². The van der Waals surface area contributed by atoms with Crippen molar-refractivity contribution in [1.29, 1.82) is 0 Å². The van der Waals surface area contributed by atoms with Gasteiger partial charge in [0, 0.05) is 38.2 Å². The first-order valence-electron chi connectivity index (χ1n) is 7.36. The van der Waals surface area contributed by atoms with E-state index < -0.39 is 0 Å². The summed E-state index contributed by atoms with van der Waals surface area (Å²) in [6, 6.07) is 6.81. The molecule has 1 amide bonds. The van der Waals surface area contributed by atoms with Gasteiger partial charge in [0.1, 0.15) is 5.75 Å². The molecule has 1 atom stereocenters. The monoisotopic (exact) mass is 315 g/mol. The van der Waals surface area contributed by atoms with Gasteiger partial charge in [-0.25, -0.2) is 0 Å². The Morgan fingerprint density at radius 2 is 2.13 bits per heavy atom. The molecule has 0 unspecified atom stereocenters. The summed E-state index contributed by atoms with van der Waals surface area (Å²) >= 11 is 0. The van der Waals surface area contributed by atoms with Gasteiger partial charge in [0.25, 0.3) is 11.5 Å². The minimum Gasteiger partial charge on any atom is -0.484 e. The standard InChI is InChI=1S/C17H21N3O3/c1-12-8-15(23-11-17(22)19(3)4)9-16(21)20(12)13(2)14-6-5-7-18-10-14/h5-10,13H,11H2,1-4H3/t13-/m1/s1. The van der Waals surface area contributed by atoms with Crippen LogP contribution < -0.4 is 10.3 Å². The number of nitrogens with zero attached hydrogens (tertiary/aromatic N) is 3. The number of carbonyl (C=O) groups is 1. The lowest BCUT2D eigenvalue weighted by molar-refractivity contribution is -0.130. The highest BCUT2D eigenvalue weighted by molar-refractivity contribution is 5.77. The van der Waals surface area contributed by atoms with E-state index in [1.165, 1.54) is 11.0 Å². The van der Waals surface area contributed by atoms with Crippen LogP contribution in [0.2, 0.25) is 0 Å². The Morgan fingerprint density at radius 3 is 2.70 bits per heavy atom. The number of rotatable bonds is 5. The summed E-state index contributed by atoms with van der Waals surface area (Å²) in [5.74, 6) is 0.243. The Kier molecular flexibility index (Phi) is 5.16. The number of likely N-dealkylation sites (N-methyl/N-ethyl adjacent to an activating group) is 1. The molecule has 0 bridgehead atoms. The number of aromatic nitrogens is 2. The van der Waals surface area contributed by atoms with Gasteiger partial charge in [0.05, 0.1) is 6.04 Å². The lowest BCUT2D eigenvalue weighted by Gasteiger charge is -2.19. The molecule has 23 heavy (non-hydrogen) atoms. The number of amides is 1. The maximum absolute atomic E-state index is 12.4. The first kappa shape index (κ1) is 16.7. The molecule has 0 aromatic carbocycles. The van der Waals surface area contributed by atoms with Gasteiger partial charge in [0.2, 0.25) is 0 Å². The number of ether oxygens (including phenoxy) is 1. The summed E-state index contributed by atoms with van der Waals surface area (Å²) in [7, 11) is 3.31.